The second-order valence-corrected chi connectivity index (χ2v) is 6.39. The van der Waals surface area contributed by atoms with Gasteiger partial charge in [0.15, 0.2) is 6.61 Å². The minimum Gasteiger partial charge on any atom is -0.494 e. The van der Waals surface area contributed by atoms with Gasteiger partial charge in [-0.2, -0.15) is 0 Å². The number of likely N-dealkylation sites (N-methyl/N-ethyl adjacent to an activating group) is 1. The number of nitrogens with zero attached hydrogens (tertiary/aromatic N) is 1. The van der Waals surface area contributed by atoms with Crippen LogP contribution in [-0.2, 0) is 14.3 Å². The molecular weight excluding hydrogens is 372 g/mol. The minimum atomic E-state index is -0.682. The molecule has 0 saturated heterocycles. The summed E-state index contributed by atoms with van der Waals surface area (Å²) < 4.78 is 10.3. The van der Waals surface area contributed by atoms with Gasteiger partial charge in [0, 0.05) is 12.6 Å². The first kappa shape index (κ1) is 21.9. The molecule has 0 aliphatic carbocycles. The highest BCUT2D eigenvalue weighted by Gasteiger charge is 2.19. The maximum absolute atomic E-state index is 12.3. The second-order valence-electron chi connectivity index (χ2n) is 6.39. The number of carbonyl (C=O) groups is 3. The summed E-state index contributed by atoms with van der Waals surface area (Å²) >= 11 is 0. The Morgan fingerprint density at radius 2 is 1.69 bits per heavy atom. The Morgan fingerprint density at radius 3 is 2.31 bits per heavy atom. The first-order chi connectivity index (χ1) is 13.9. The lowest BCUT2D eigenvalue weighted by atomic mass is 10.1. The maximum Gasteiger partial charge on any atom is 0.325 e. The zero-order valence-corrected chi connectivity index (χ0v) is 16.9. The summed E-state index contributed by atoms with van der Waals surface area (Å²) in [6, 6.07) is 16.0. The topological polar surface area (TPSA) is 84.9 Å². The first-order valence-corrected chi connectivity index (χ1v) is 9.39. The molecule has 2 aromatic rings. The molecule has 2 rings (SSSR count). The van der Waals surface area contributed by atoms with E-state index >= 15 is 0 Å². The Labute approximate surface area is 170 Å². The van der Waals surface area contributed by atoms with Crippen LogP contribution in [0.15, 0.2) is 54.6 Å². The van der Waals surface area contributed by atoms with Gasteiger partial charge in [-0.1, -0.05) is 30.3 Å². The molecule has 0 aromatic heterocycles. The molecule has 0 radical (unpaired) electrons. The van der Waals surface area contributed by atoms with Crippen molar-refractivity contribution in [1.29, 1.82) is 0 Å². The zero-order chi connectivity index (χ0) is 21.2. The van der Waals surface area contributed by atoms with Crippen molar-refractivity contribution < 1.29 is 23.9 Å². The van der Waals surface area contributed by atoms with Crippen molar-refractivity contribution in [3.8, 4) is 5.75 Å². The number of carbonyl (C=O) groups excluding carboxylic acids is 3. The normalized spacial score (nSPS) is 11.3. The smallest absolute Gasteiger partial charge is 0.325 e. The molecule has 29 heavy (non-hydrogen) atoms. The standard InChI is InChI=1S/C22H26N2O5/c1-4-28-19-12-10-18(11-13-19)22(27)23-14-21(26)29-15-20(25)24(3)16(2)17-8-6-5-7-9-17/h5-13,16H,4,14-15H2,1-3H3,(H,23,27). The molecular formula is C22H26N2O5. The summed E-state index contributed by atoms with van der Waals surface area (Å²) in [7, 11) is 1.65. The molecule has 7 heteroatoms. The van der Waals surface area contributed by atoms with Crippen molar-refractivity contribution in [3.63, 3.8) is 0 Å². The van der Waals surface area contributed by atoms with Gasteiger partial charge in [0.2, 0.25) is 0 Å². The highest BCUT2D eigenvalue weighted by Crippen LogP contribution is 2.18. The van der Waals surface area contributed by atoms with Crippen molar-refractivity contribution >= 4 is 17.8 Å². The van der Waals surface area contributed by atoms with E-state index in [1.54, 1.807) is 31.3 Å². The van der Waals surface area contributed by atoms with Crippen molar-refractivity contribution in [3.05, 3.63) is 65.7 Å². The lowest BCUT2D eigenvalue weighted by Crippen LogP contribution is -2.36. The molecule has 1 unspecified atom stereocenters. The van der Waals surface area contributed by atoms with Crippen LogP contribution in [0.3, 0.4) is 0 Å². The Hall–Kier alpha value is -3.35. The molecule has 154 valence electrons. The van der Waals surface area contributed by atoms with E-state index in [2.05, 4.69) is 5.32 Å². The third-order valence-corrected chi connectivity index (χ3v) is 4.43. The molecule has 0 heterocycles. The van der Waals surface area contributed by atoms with Crippen molar-refractivity contribution in [2.24, 2.45) is 0 Å². The van der Waals surface area contributed by atoms with E-state index in [9.17, 15) is 14.4 Å². The van der Waals surface area contributed by atoms with Crippen molar-refractivity contribution in [1.82, 2.24) is 10.2 Å². The van der Waals surface area contributed by atoms with E-state index in [4.69, 9.17) is 9.47 Å². The van der Waals surface area contributed by atoms with E-state index < -0.39 is 11.9 Å². The number of nitrogens with one attached hydrogen (secondary N) is 1. The number of benzene rings is 2. The van der Waals surface area contributed by atoms with Crippen LogP contribution in [-0.4, -0.2) is 49.5 Å². The third-order valence-electron chi connectivity index (χ3n) is 4.43. The highest BCUT2D eigenvalue weighted by atomic mass is 16.5. The van der Waals surface area contributed by atoms with E-state index in [0.717, 1.165) is 5.56 Å². The molecule has 1 N–H and O–H groups in total. The van der Waals surface area contributed by atoms with Gasteiger partial charge in [0.1, 0.15) is 12.3 Å². The number of rotatable bonds is 9. The molecule has 2 amide bonds. The lowest BCUT2D eigenvalue weighted by Gasteiger charge is -2.25. The Morgan fingerprint density at radius 1 is 1.03 bits per heavy atom. The van der Waals surface area contributed by atoms with Gasteiger partial charge >= 0.3 is 5.97 Å². The van der Waals surface area contributed by atoms with Crippen molar-refractivity contribution in [2.75, 3.05) is 26.8 Å². The van der Waals surface area contributed by atoms with Gasteiger partial charge < -0.3 is 19.7 Å². The van der Waals surface area contributed by atoms with Gasteiger partial charge in [-0.25, -0.2) is 0 Å². The molecule has 7 nitrogen and oxygen atoms in total. The Balaban J connectivity index is 1.76. The van der Waals surface area contributed by atoms with Crippen LogP contribution in [0.1, 0.15) is 35.8 Å². The molecule has 0 bridgehead atoms. The van der Waals surface area contributed by atoms with Crippen LogP contribution in [0.5, 0.6) is 5.75 Å². The van der Waals surface area contributed by atoms with E-state index in [0.29, 0.717) is 17.9 Å². The number of amides is 2. The van der Waals surface area contributed by atoms with E-state index in [-0.39, 0.29) is 25.1 Å². The summed E-state index contributed by atoms with van der Waals surface area (Å²) in [6.07, 6.45) is 0. The number of hydrogen-bond donors (Lipinski definition) is 1. The van der Waals surface area contributed by atoms with Crippen LogP contribution < -0.4 is 10.1 Å². The fourth-order valence-electron chi connectivity index (χ4n) is 2.59. The fraction of sp³-hybridized carbons (Fsp3) is 0.318. The van der Waals surface area contributed by atoms with Crippen LogP contribution in [0.25, 0.3) is 0 Å². The molecule has 0 fully saturated rings. The van der Waals surface area contributed by atoms with Gasteiger partial charge in [-0.3, -0.25) is 14.4 Å². The van der Waals surface area contributed by atoms with Gasteiger partial charge in [0.25, 0.3) is 11.8 Å². The lowest BCUT2D eigenvalue weighted by molar-refractivity contribution is -0.151. The minimum absolute atomic E-state index is 0.151. The van der Waals surface area contributed by atoms with Crippen LogP contribution in [0, 0.1) is 0 Å². The Kier molecular flexibility index (Phi) is 8.21. The number of ether oxygens (including phenoxy) is 2. The van der Waals surface area contributed by atoms with Crippen molar-refractivity contribution in [2.45, 2.75) is 19.9 Å². The molecule has 2 aromatic carbocycles. The maximum atomic E-state index is 12.3. The molecule has 0 saturated carbocycles. The van der Waals surface area contributed by atoms with E-state index in [1.807, 2.05) is 44.2 Å². The van der Waals surface area contributed by atoms with E-state index in [1.165, 1.54) is 4.90 Å². The largest absolute Gasteiger partial charge is 0.494 e. The highest BCUT2D eigenvalue weighted by molar-refractivity contribution is 5.96. The average Bonchev–Trinajstić information content (AvgIpc) is 2.76. The summed E-state index contributed by atoms with van der Waals surface area (Å²) in [6.45, 7) is 3.60. The molecule has 0 spiro atoms. The summed E-state index contributed by atoms with van der Waals surface area (Å²) in [5.74, 6) is -0.757. The second kappa shape index (κ2) is 10.8. The van der Waals surface area contributed by atoms with Crippen LogP contribution >= 0.6 is 0 Å². The summed E-state index contributed by atoms with van der Waals surface area (Å²) in [5, 5.41) is 2.47. The predicted molar refractivity (Wildman–Crippen MR) is 109 cm³/mol. The number of esters is 1. The fourth-order valence-corrected chi connectivity index (χ4v) is 2.59. The van der Waals surface area contributed by atoms with Crippen LogP contribution in [0.4, 0.5) is 0 Å². The quantitative estimate of drug-likeness (QED) is 0.657. The molecule has 0 aliphatic heterocycles. The SMILES string of the molecule is CCOc1ccc(C(=O)NCC(=O)OCC(=O)N(C)C(C)c2ccccc2)cc1. The summed E-state index contributed by atoms with van der Waals surface area (Å²) in [4.78, 5) is 37.7. The molecule has 0 aliphatic rings. The molecule has 1 atom stereocenters. The van der Waals surface area contributed by atoms with Crippen LogP contribution in [0.2, 0.25) is 0 Å². The number of hydrogen-bond acceptors (Lipinski definition) is 5. The zero-order valence-electron chi connectivity index (χ0n) is 16.9. The third kappa shape index (κ3) is 6.64. The monoisotopic (exact) mass is 398 g/mol. The van der Waals surface area contributed by atoms with Gasteiger partial charge in [0.05, 0.1) is 12.6 Å². The van der Waals surface area contributed by atoms with Gasteiger partial charge in [-0.05, 0) is 43.7 Å². The predicted octanol–water partition coefficient (Wildman–Crippen LogP) is 2.58. The Bertz CT molecular complexity index is 821. The average molecular weight is 398 g/mol. The first-order valence-electron chi connectivity index (χ1n) is 9.39. The summed E-state index contributed by atoms with van der Waals surface area (Å²) in [5.41, 5.74) is 1.38. The van der Waals surface area contributed by atoms with Gasteiger partial charge in [-0.15, -0.1) is 0 Å².